The van der Waals surface area contributed by atoms with Gasteiger partial charge in [0.2, 0.25) is 5.89 Å². The molecule has 8 nitrogen and oxygen atoms in total. The fourth-order valence-electron chi connectivity index (χ4n) is 4.22. The van der Waals surface area contributed by atoms with E-state index in [0.717, 1.165) is 53.6 Å². The lowest BCUT2D eigenvalue weighted by molar-refractivity contribution is 0.412. The van der Waals surface area contributed by atoms with Crippen LogP contribution in [-0.4, -0.2) is 36.6 Å². The molecule has 0 radical (unpaired) electrons. The van der Waals surface area contributed by atoms with Gasteiger partial charge in [0.15, 0.2) is 22.1 Å². The van der Waals surface area contributed by atoms with Crippen molar-refractivity contribution in [1.29, 1.82) is 0 Å². The highest BCUT2D eigenvalue weighted by Crippen LogP contribution is 2.40. The van der Waals surface area contributed by atoms with E-state index < -0.39 is 0 Å². The highest BCUT2D eigenvalue weighted by molar-refractivity contribution is 7.99. The van der Waals surface area contributed by atoms with Crippen LogP contribution < -0.4 is 11.1 Å². The molecule has 3 aromatic heterocycles. The molecule has 0 amide bonds. The molecule has 0 bridgehead atoms. The van der Waals surface area contributed by atoms with E-state index in [2.05, 4.69) is 57.7 Å². The van der Waals surface area contributed by atoms with Crippen LogP contribution in [0.5, 0.6) is 0 Å². The Labute approximate surface area is 197 Å². The average Bonchev–Trinajstić information content (AvgIpc) is 3.51. The summed E-state index contributed by atoms with van der Waals surface area (Å²) in [7, 11) is 0. The van der Waals surface area contributed by atoms with Gasteiger partial charge in [0.25, 0.3) is 0 Å². The van der Waals surface area contributed by atoms with E-state index in [-0.39, 0.29) is 5.54 Å². The van der Waals surface area contributed by atoms with Crippen LogP contribution in [0.2, 0.25) is 0 Å². The van der Waals surface area contributed by atoms with Gasteiger partial charge in [0.05, 0.1) is 11.8 Å². The first kappa shape index (κ1) is 21.9. The quantitative estimate of drug-likeness (QED) is 0.386. The van der Waals surface area contributed by atoms with Crippen molar-refractivity contribution in [3.8, 4) is 11.5 Å². The second-order valence-corrected chi connectivity index (χ2v) is 10.4. The van der Waals surface area contributed by atoms with Crippen molar-refractivity contribution in [2.24, 2.45) is 0 Å². The Morgan fingerprint density at radius 3 is 2.73 bits per heavy atom. The molecule has 172 valence electrons. The number of nitrogen functional groups attached to an aromatic ring is 1. The van der Waals surface area contributed by atoms with Gasteiger partial charge in [0.1, 0.15) is 12.6 Å². The number of nitrogens with zero attached hydrogens (tertiary/aromatic N) is 5. The predicted molar refractivity (Wildman–Crippen MR) is 130 cm³/mol. The van der Waals surface area contributed by atoms with Crippen LogP contribution >= 0.6 is 11.8 Å². The van der Waals surface area contributed by atoms with Gasteiger partial charge in [-0.3, -0.25) is 0 Å². The summed E-state index contributed by atoms with van der Waals surface area (Å²) in [6, 6.07) is 4.50. The van der Waals surface area contributed by atoms with Crippen LogP contribution in [0.3, 0.4) is 0 Å². The van der Waals surface area contributed by atoms with Gasteiger partial charge in [-0.25, -0.2) is 19.9 Å². The SMILES string of the molecule is CC(C)(C)NCCCn1c(Sc2cc3c(cc2-c2ncco2)CCC3)nc2c(N)ncnc21. The first-order valence-electron chi connectivity index (χ1n) is 11.3. The van der Waals surface area contributed by atoms with Gasteiger partial charge in [-0.05, 0) is 76.3 Å². The van der Waals surface area contributed by atoms with Crippen LogP contribution in [0.15, 0.2) is 45.4 Å². The zero-order chi connectivity index (χ0) is 23.0. The highest BCUT2D eigenvalue weighted by Gasteiger charge is 2.22. The summed E-state index contributed by atoms with van der Waals surface area (Å²) in [6.07, 6.45) is 9.12. The zero-order valence-electron chi connectivity index (χ0n) is 19.3. The molecule has 9 heteroatoms. The van der Waals surface area contributed by atoms with E-state index >= 15 is 0 Å². The molecule has 3 heterocycles. The minimum atomic E-state index is 0.0799. The number of nitrogens with two attached hydrogens (primary N) is 1. The molecule has 0 saturated carbocycles. The number of oxazole rings is 1. The van der Waals surface area contributed by atoms with Crippen molar-refractivity contribution in [3.63, 3.8) is 0 Å². The molecule has 0 atom stereocenters. The van der Waals surface area contributed by atoms with Gasteiger partial charge in [-0.15, -0.1) is 0 Å². The van der Waals surface area contributed by atoms with Crippen LogP contribution in [0.4, 0.5) is 5.82 Å². The maximum Gasteiger partial charge on any atom is 0.227 e. The van der Waals surface area contributed by atoms with Gasteiger partial charge in [-0.1, -0.05) is 11.8 Å². The fourth-order valence-corrected chi connectivity index (χ4v) is 5.30. The molecule has 0 fully saturated rings. The molecule has 0 aliphatic heterocycles. The van der Waals surface area contributed by atoms with E-state index in [0.29, 0.717) is 17.2 Å². The molecule has 0 spiro atoms. The van der Waals surface area contributed by atoms with E-state index in [9.17, 15) is 0 Å². The van der Waals surface area contributed by atoms with Crippen molar-refractivity contribution in [2.75, 3.05) is 12.3 Å². The van der Waals surface area contributed by atoms with Crippen molar-refractivity contribution < 1.29 is 4.42 Å². The van der Waals surface area contributed by atoms with Crippen molar-refractivity contribution in [3.05, 3.63) is 42.0 Å². The molecule has 4 aromatic rings. The van der Waals surface area contributed by atoms with Crippen molar-refractivity contribution in [1.82, 2.24) is 29.8 Å². The molecule has 3 N–H and O–H groups in total. The lowest BCUT2D eigenvalue weighted by Crippen LogP contribution is -2.36. The lowest BCUT2D eigenvalue weighted by Gasteiger charge is -2.20. The third-order valence-corrected chi connectivity index (χ3v) is 6.85. The van der Waals surface area contributed by atoms with Gasteiger partial charge in [0, 0.05) is 17.0 Å². The summed E-state index contributed by atoms with van der Waals surface area (Å²) >= 11 is 1.61. The summed E-state index contributed by atoms with van der Waals surface area (Å²) < 4.78 is 7.82. The van der Waals surface area contributed by atoms with Gasteiger partial charge < -0.3 is 20.0 Å². The molecule has 1 aliphatic carbocycles. The Balaban J connectivity index is 1.52. The maximum absolute atomic E-state index is 6.15. The summed E-state index contributed by atoms with van der Waals surface area (Å²) in [5.41, 5.74) is 11.4. The number of nitrogens with one attached hydrogen (secondary N) is 1. The second-order valence-electron chi connectivity index (χ2n) is 9.42. The van der Waals surface area contributed by atoms with Crippen LogP contribution in [0.25, 0.3) is 22.6 Å². The molecule has 0 unspecified atom stereocenters. The van der Waals surface area contributed by atoms with Crippen LogP contribution in [0, 0.1) is 0 Å². The zero-order valence-corrected chi connectivity index (χ0v) is 20.1. The van der Waals surface area contributed by atoms with E-state index in [1.807, 2.05) is 0 Å². The lowest BCUT2D eigenvalue weighted by atomic mass is 10.1. The smallest absolute Gasteiger partial charge is 0.227 e. The average molecular weight is 464 g/mol. The van der Waals surface area contributed by atoms with Crippen LogP contribution in [-0.2, 0) is 19.4 Å². The second kappa shape index (κ2) is 8.79. The Morgan fingerprint density at radius 2 is 1.97 bits per heavy atom. The monoisotopic (exact) mass is 463 g/mol. The van der Waals surface area contributed by atoms with Gasteiger partial charge in [-0.2, -0.15) is 0 Å². The van der Waals surface area contributed by atoms with E-state index in [1.54, 1.807) is 24.2 Å². The van der Waals surface area contributed by atoms with Crippen molar-refractivity contribution >= 4 is 28.7 Å². The third-order valence-electron chi connectivity index (χ3n) is 5.80. The standard InChI is InChI=1S/C24H29N7OS/c1-24(2,3)29-8-5-10-31-21-19(20(25)27-14-28-21)30-23(31)33-18-13-16-7-4-6-15(16)12-17(18)22-26-9-11-32-22/h9,11-14,29H,4-8,10H2,1-3H3,(H2,25,27,28). The number of anilines is 1. The largest absolute Gasteiger partial charge is 0.444 e. The number of hydrogen-bond donors (Lipinski definition) is 2. The normalized spacial score (nSPS) is 13.7. The minimum absolute atomic E-state index is 0.0799. The first-order chi connectivity index (χ1) is 15.9. The van der Waals surface area contributed by atoms with Crippen LogP contribution in [0.1, 0.15) is 44.7 Å². The number of fused-ring (bicyclic) bond motifs is 2. The molecular weight excluding hydrogens is 434 g/mol. The maximum atomic E-state index is 6.15. The first-order valence-corrected chi connectivity index (χ1v) is 12.2. The summed E-state index contributed by atoms with van der Waals surface area (Å²) in [5, 5.41) is 4.40. The van der Waals surface area contributed by atoms with E-state index in [4.69, 9.17) is 15.1 Å². The molecule has 33 heavy (non-hydrogen) atoms. The van der Waals surface area contributed by atoms with Crippen molar-refractivity contribution in [2.45, 2.75) is 68.6 Å². The summed E-state index contributed by atoms with van der Waals surface area (Å²) in [5.74, 6) is 1.03. The van der Waals surface area contributed by atoms with Gasteiger partial charge >= 0.3 is 0 Å². The Kier molecular flexibility index (Phi) is 5.84. The highest BCUT2D eigenvalue weighted by atomic mass is 32.2. The topological polar surface area (TPSA) is 108 Å². The summed E-state index contributed by atoms with van der Waals surface area (Å²) in [6.45, 7) is 8.19. The number of aryl methyl sites for hydroxylation is 3. The third kappa shape index (κ3) is 4.60. The summed E-state index contributed by atoms with van der Waals surface area (Å²) in [4.78, 5) is 19.0. The molecule has 1 aromatic carbocycles. The number of rotatable bonds is 7. The van der Waals surface area contributed by atoms with E-state index in [1.165, 1.54) is 23.9 Å². The number of hydrogen-bond acceptors (Lipinski definition) is 8. The Bertz CT molecular complexity index is 1270. The number of aromatic nitrogens is 5. The fraction of sp³-hybridized carbons (Fsp3) is 0.417. The Morgan fingerprint density at radius 1 is 1.15 bits per heavy atom. The molecule has 0 saturated heterocycles. The molecule has 1 aliphatic rings. The molecule has 5 rings (SSSR count). The number of imidazole rings is 1. The minimum Gasteiger partial charge on any atom is -0.444 e. The predicted octanol–water partition coefficient (Wildman–Crippen LogP) is 4.48. The Hall–Kier alpha value is -2.91. The molecular formula is C24H29N7OS. The number of benzene rings is 1.